The number of sulfone groups is 1. The van der Waals surface area contributed by atoms with E-state index in [4.69, 9.17) is 9.15 Å². The molecule has 2 heterocycles. The average molecular weight is 459 g/mol. The van der Waals surface area contributed by atoms with Gasteiger partial charge in [0.25, 0.3) is 5.91 Å². The number of likely N-dealkylation sites (tertiary alicyclic amines) is 1. The number of aromatic nitrogens is 2. The van der Waals surface area contributed by atoms with Crippen LogP contribution in [-0.2, 0) is 15.3 Å². The highest BCUT2D eigenvalue weighted by molar-refractivity contribution is 7.90. The number of fused-ring (bicyclic) bond motifs is 1. The fraction of sp³-hybridized carbons (Fsp3) is 0.526. The topological polar surface area (TPSA) is 103 Å². The number of halogens is 3. The Morgan fingerprint density at radius 2 is 2.06 bits per heavy atom. The van der Waals surface area contributed by atoms with Crippen molar-refractivity contribution in [3.05, 3.63) is 35.5 Å². The Morgan fingerprint density at radius 1 is 1.35 bits per heavy atom. The molecule has 0 bridgehead atoms. The molecule has 1 amide bonds. The van der Waals surface area contributed by atoms with Crippen LogP contribution >= 0.6 is 0 Å². The molecule has 2 aromatic rings. The highest BCUT2D eigenvalue weighted by Gasteiger charge is 2.65. The Hall–Kier alpha value is -2.63. The molecule has 8 nitrogen and oxygen atoms in total. The van der Waals surface area contributed by atoms with Gasteiger partial charge in [-0.25, -0.2) is 8.42 Å². The van der Waals surface area contributed by atoms with Gasteiger partial charge in [0.15, 0.2) is 15.9 Å². The van der Waals surface area contributed by atoms with E-state index in [-0.39, 0.29) is 28.7 Å². The highest BCUT2D eigenvalue weighted by Crippen LogP contribution is 2.58. The molecular weight excluding hydrogens is 439 g/mol. The van der Waals surface area contributed by atoms with E-state index in [9.17, 15) is 26.4 Å². The van der Waals surface area contributed by atoms with Gasteiger partial charge in [-0.1, -0.05) is 0 Å². The first-order chi connectivity index (χ1) is 14.3. The van der Waals surface area contributed by atoms with Crippen LogP contribution in [0.4, 0.5) is 13.2 Å². The van der Waals surface area contributed by atoms with Crippen molar-refractivity contribution in [2.24, 2.45) is 5.92 Å². The Bertz CT molecular complexity index is 1150. The summed E-state index contributed by atoms with van der Waals surface area (Å²) in [6.07, 6.45) is -5.11. The van der Waals surface area contributed by atoms with E-state index >= 15 is 0 Å². The van der Waals surface area contributed by atoms with E-state index in [2.05, 4.69) is 10.2 Å². The maximum Gasteiger partial charge on any atom is 0.425 e. The number of ether oxygens (including phenoxy) is 1. The van der Waals surface area contributed by atoms with E-state index in [1.54, 1.807) is 6.92 Å². The summed E-state index contributed by atoms with van der Waals surface area (Å²) in [5.74, 6) is -0.0224. The maximum atomic E-state index is 13.2. The number of aryl methyl sites for hydroxylation is 1. The summed E-state index contributed by atoms with van der Waals surface area (Å²) < 4.78 is 73.4. The Kier molecular flexibility index (Phi) is 4.83. The zero-order chi connectivity index (χ0) is 22.8. The molecule has 12 heteroatoms. The molecule has 1 aliphatic carbocycles. The second-order valence-electron chi connectivity index (χ2n) is 8.10. The van der Waals surface area contributed by atoms with Crippen molar-refractivity contribution in [3.63, 3.8) is 0 Å². The van der Waals surface area contributed by atoms with Gasteiger partial charge in [-0.3, -0.25) is 4.79 Å². The zero-order valence-corrected chi connectivity index (χ0v) is 17.7. The van der Waals surface area contributed by atoms with Crippen LogP contribution in [0.25, 0.3) is 0 Å². The van der Waals surface area contributed by atoms with Crippen molar-refractivity contribution in [1.82, 2.24) is 15.1 Å². The first-order valence-corrected chi connectivity index (χ1v) is 11.4. The summed E-state index contributed by atoms with van der Waals surface area (Å²) in [6, 6.07) is 3.26. The lowest BCUT2D eigenvalue weighted by molar-refractivity contribution is -0.189. The number of carbonyl (C=O) groups excluding carboxylic acids is 1. The number of nitrogens with zero attached hydrogens (tertiary/aromatic N) is 3. The second kappa shape index (κ2) is 6.94. The van der Waals surface area contributed by atoms with Crippen LogP contribution in [-0.4, -0.2) is 61.0 Å². The fourth-order valence-corrected chi connectivity index (χ4v) is 4.55. The van der Waals surface area contributed by atoms with Crippen molar-refractivity contribution in [2.75, 3.05) is 19.3 Å². The van der Waals surface area contributed by atoms with Crippen molar-refractivity contribution < 1.29 is 35.5 Å². The normalized spacial score (nSPS) is 24.1. The van der Waals surface area contributed by atoms with Crippen LogP contribution in [0.3, 0.4) is 0 Å². The van der Waals surface area contributed by atoms with Gasteiger partial charge in [0.05, 0.1) is 15.9 Å². The molecular formula is C19H20F3N3O5S. The van der Waals surface area contributed by atoms with Gasteiger partial charge in [-0.15, -0.1) is 10.2 Å². The minimum atomic E-state index is -4.65. The minimum absolute atomic E-state index is 0.0906. The van der Waals surface area contributed by atoms with E-state index in [1.165, 1.54) is 4.90 Å². The number of hydrogen-bond donors (Lipinski definition) is 0. The van der Waals surface area contributed by atoms with Gasteiger partial charge in [0, 0.05) is 26.3 Å². The number of alkyl halides is 3. The van der Waals surface area contributed by atoms with Crippen molar-refractivity contribution >= 4 is 15.7 Å². The third-order valence-corrected chi connectivity index (χ3v) is 6.87. The van der Waals surface area contributed by atoms with Gasteiger partial charge < -0.3 is 14.1 Å². The molecule has 0 spiro atoms. The molecule has 1 aliphatic heterocycles. The van der Waals surface area contributed by atoms with Crippen LogP contribution in [0.5, 0.6) is 5.75 Å². The third kappa shape index (κ3) is 3.88. The molecule has 1 saturated carbocycles. The largest absolute Gasteiger partial charge is 0.480 e. The molecule has 0 N–H and O–H groups in total. The lowest BCUT2D eigenvalue weighted by Gasteiger charge is -2.24. The number of amides is 1. The highest BCUT2D eigenvalue weighted by atomic mass is 32.2. The SMILES string of the molecule is Cc1nnc(C23CC2CN(C(=O)c2cc(S(C)(=O)=O)ccc2OC(C)C(F)(F)F)C3)o1. The number of hydrogen-bond acceptors (Lipinski definition) is 7. The zero-order valence-electron chi connectivity index (χ0n) is 16.9. The maximum absolute atomic E-state index is 13.2. The lowest BCUT2D eigenvalue weighted by atomic mass is 10.1. The molecule has 3 unspecified atom stereocenters. The average Bonchev–Trinajstić information content (AvgIpc) is 2.99. The van der Waals surface area contributed by atoms with Crippen LogP contribution in [0.15, 0.2) is 27.5 Å². The standard InChI is InChI=1S/C19H20F3N3O5S/c1-10(19(20,21)22)29-15-5-4-13(31(3,27)28)6-14(15)16(26)25-8-12-7-18(12,9-25)17-24-23-11(2)30-17/h4-6,10,12H,7-9H2,1-3H3. The molecule has 1 aromatic heterocycles. The van der Waals surface area contributed by atoms with Gasteiger partial charge in [0.2, 0.25) is 11.8 Å². The smallest absolute Gasteiger partial charge is 0.425 e. The van der Waals surface area contributed by atoms with E-state index in [0.29, 0.717) is 18.3 Å². The quantitative estimate of drug-likeness (QED) is 0.677. The summed E-state index contributed by atoms with van der Waals surface area (Å²) in [5.41, 5.74) is -0.705. The second-order valence-corrected chi connectivity index (χ2v) is 10.1. The molecule has 1 saturated heterocycles. The number of rotatable bonds is 5. The minimum Gasteiger partial charge on any atom is -0.480 e. The third-order valence-electron chi connectivity index (χ3n) is 5.76. The Labute approximate surface area is 176 Å². The first-order valence-electron chi connectivity index (χ1n) is 9.48. The van der Waals surface area contributed by atoms with E-state index < -0.39 is 33.4 Å². The molecule has 2 aliphatic rings. The summed E-state index contributed by atoms with van der Waals surface area (Å²) in [6.45, 7) is 3.06. The summed E-state index contributed by atoms with van der Waals surface area (Å²) in [5, 5.41) is 7.88. The monoisotopic (exact) mass is 459 g/mol. The number of benzene rings is 1. The Balaban J connectivity index is 1.65. The van der Waals surface area contributed by atoms with Gasteiger partial charge in [-0.05, 0) is 37.5 Å². The molecule has 4 rings (SSSR count). The van der Waals surface area contributed by atoms with Crippen LogP contribution in [0, 0.1) is 12.8 Å². The van der Waals surface area contributed by atoms with Crippen molar-refractivity contribution in [2.45, 2.75) is 42.9 Å². The van der Waals surface area contributed by atoms with Crippen molar-refractivity contribution in [3.8, 4) is 5.75 Å². The van der Waals surface area contributed by atoms with E-state index in [1.807, 2.05) is 0 Å². The van der Waals surface area contributed by atoms with E-state index in [0.717, 1.165) is 37.8 Å². The molecule has 31 heavy (non-hydrogen) atoms. The predicted molar refractivity (Wildman–Crippen MR) is 100 cm³/mol. The van der Waals surface area contributed by atoms with Gasteiger partial charge in [0.1, 0.15) is 5.75 Å². The molecule has 3 atom stereocenters. The summed E-state index contributed by atoms with van der Waals surface area (Å²) in [4.78, 5) is 14.5. The van der Waals surface area contributed by atoms with Crippen LogP contribution in [0.2, 0.25) is 0 Å². The van der Waals surface area contributed by atoms with Gasteiger partial charge >= 0.3 is 6.18 Å². The number of carbonyl (C=O) groups is 1. The predicted octanol–water partition coefficient (Wildman–Crippen LogP) is 2.52. The van der Waals surface area contributed by atoms with Crippen LogP contribution < -0.4 is 4.74 Å². The fourth-order valence-electron chi connectivity index (χ4n) is 3.90. The molecule has 0 radical (unpaired) electrons. The molecule has 168 valence electrons. The molecule has 1 aromatic carbocycles. The molecule has 2 fully saturated rings. The lowest BCUT2D eigenvalue weighted by Crippen LogP contribution is -2.35. The van der Waals surface area contributed by atoms with Gasteiger partial charge in [-0.2, -0.15) is 13.2 Å². The summed E-state index contributed by atoms with van der Waals surface area (Å²) in [7, 11) is -3.69. The van der Waals surface area contributed by atoms with Crippen LogP contribution in [0.1, 0.15) is 35.5 Å². The Morgan fingerprint density at radius 3 is 2.65 bits per heavy atom. The summed E-state index contributed by atoms with van der Waals surface area (Å²) >= 11 is 0. The number of piperidine rings is 1. The first kappa shape index (κ1) is 21.6. The van der Waals surface area contributed by atoms with Crippen molar-refractivity contribution in [1.29, 1.82) is 0 Å².